The minimum atomic E-state index is -0.124. The monoisotopic (exact) mass is 433 g/mol. The predicted octanol–water partition coefficient (Wildman–Crippen LogP) is 3.51. The average molecular weight is 434 g/mol. The third kappa shape index (κ3) is 4.68. The van der Waals surface area contributed by atoms with Crippen molar-refractivity contribution in [2.24, 2.45) is 0 Å². The summed E-state index contributed by atoms with van der Waals surface area (Å²) in [6, 6.07) is 10.4. The zero-order valence-corrected chi connectivity index (χ0v) is 18.2. The molecular formula is C25H27N3O4. The van der Waals surface area contributed by atoms with Crippen LogP contribution in [0.25, 0.3) is 21.5 Å². The van der Waals surface area contributed by atoms with E-state index < -0.39 is 0 Å². The van der Waals surface area contributed by atoms with Crippen molar-refractivity contribution >= 4 is 21.5 Å². The number of phenolic OH excluding ortho intramolecular Hbond substituents is 1. The van der Waals surface area contributed by atoms with Crippen LogP contribution in [-0.4, -0.2) is 34.3 Å². The standard InChI is InChI=1S/C15H18N2O2.C10H9NO2/c1-10-8-17-15(18)13-5-4-11(7-14(10)13)19-12-3-2-6-16-9-12;1-6-5-11-10(13)8-3-2-7(12)4-9(6)8/h4-5,7-8,12,16H,2-3,6,9H2,1H3,(H,17,18);2-5,12H,1H3,(H,11,13)/t12-;/m0./s1. The Morgan fingerprint density at radius 2 is 1.50 bits per heavy atom. The molecule has 0 amide bonds. The molecule has 0 radical (unpaired) electrons. The highest BCUT2D eigenvalue weighted by Crippen LogP contribution is 2.23. The zero-order valence-electron chi connectivity index (χ0n) is 18.2. The lowest BCUT2D eigenvalue weighted by atomic mass is 10.1. The topological polar surface area (TPSA) is 107 Å². The Kier molecular flexibility index (Phi) is 6.28. The highest BCUT2D eigenvalue weighted by atomic mass is 16.5. The minimum Gasteiger partial charge on any atom is -0.508 e. The van der Waals surface area contributed by atoms with Gasteiger partial charge in [-0.2, -0.15) is 0 Å². The van der Waals surface area contributed by atoms with E-state index in [1.807, 2.05) is 32.0 Å². The second kappa shape index (κ2) is 9.28. The normalized spacial score (nSPS) is 15.9. The summed E-state index contributed by atoms with van der Waals surface area (Å²) in [5, 5.41) is 15.7. The van der Waals surface area contributed by atoms with E-state index in [2.05, 4.69) is 15.3 Å². The minimum absolute atomic E-state index is 0.0496. The summed E-state index contributed by atoms with van der Waals surface area (Å²) in [5.74, 6) is 1.02. The van der Waals surface area contributed by atoms with Crippen LogP contribution in [0.15, 0.2) is 58.4 Å². The number of nitrogens with one attached hydrogen (secondary N) is 3. The molecule has 7 nitrogen and oxygen atoms in total. The fourth-order valence-electron chi connectivity index (χ4n) is 3.95. The number of ether oxygens (including phenoxy) is 1. The van der Waals surface area contributed by atoms with Crippen LogP contribution in [0, 0.1) is 13.8 Å². The Morgan fingerprint density at radius 3 is 2.12 bits per heavy atom. The Morgan fingerprint density at radius 1 is 0.875 bits per heavy atom. The Bertz CT molecular complexity index is 1370. The lowest BCUT2D eigenvalue weighted by Crippen LogP contribution is -2.37. The first-order valence-electron chi connectivity index (χ1n) is 10.7. The van der Waals surface area contributed by atoms with Gasteiger partial charge in [-0.05, 0) is 91.5 Å². The average Bonchev–Trinajstić information content (AvgIpc) is 2.80. The number of hydrogen-bond acceptors (Lipinski definition) is 5. The lowest BCUT2D eigenvalue weighted by Gasteiger charge is -2.24. The van der Waals surface area contributed by atoms with Crippen LogP contribution < -0.4 is 21.2 Å². The maximum Gasteiger partial charge on any atom is 0.255 e. The number of aromatic nitrogens is 2. The Hall–Kier alpha value is -3.58. The van der Waals surface area contributed by atoms with E-state index in [-0.39, 0.29) is 23.0 Å². The van der Waals surface area contributed by atoms with Crippen LogP contribution in [-0.2, 0) is 0 Å². The molecule has 4 aromatic rings. The fraction of sp³-hybridized carbons (Fsp3) is 0.280. The molecule has 166 valence electrons. The zero-order chi connectivity index (χ0) is 22.7. The predicted molar refractivity (Wildman–Crippen MR) is 127 cm³/mol. The summed E-state index contributed by atoms with van der Waals surface area (Å²) in [4.78, 5) is 28.4. The van der Waals surface area contributed by atoms with Crippen molar-refractivity contribution in [2.75, 3.05) is 13.1 Å². The fourth-order valence-corrected chi connectivity index (χ4v) is 3.95. The summed E-state index contributed by atoms with van der Waals surface area (Å²) in [7, 11) is 0. The molecule has 0 saturated carbocycles. The van der Waals surface area contributed by atoms with Gasteiger partial charge >= 0.3 is 0 Å². The molecule has 5 rings (SSSR count). The summed E-state index contributed by atoms with van der Waals surface area (Å²) in [6.07, 6.45) is 5.85. The van der Waals surface area contributed by atoms with E-state index in [0.29, 0.717) is 10.8 Å². The molecule has 7 heteroatoms. The maximum absolute atomic E-state index is 11.7. The van der Waals surface area contributed by atoms with Crippen LogP contribution in [0.3, 0.4) is 0 Å². The van der Waals surface area contributed by atoms with Gasteiger partial charge in [0, 0.05) is 29.7 Å². The molecule has 1 saturated heterocycles. The van der Waals surface area contributed by atoms with Crippen molar-refractivity contribution in [1.82, 2.24) is 15.3 Å². The van der Waals surface area contributed by atoms with Crippen molar-refractivity contribution in [2.45, 2.75) is 32.8 Å². The molecule has 32 heavy (non-hydrogen) atoms. The van der Waals surface area contributed by atoms with Gasteiger partial charge in [0.2, 0.25) is 0 Å². The van der Waals surface area contributed by atoms with Gasteiger partial charge < -0.3 is 25.1 Å². The molecule has 0 spiro atoms. The van der Waals surface area contributed by atoms with Crippen LogP contribution in [0.1, 0.15) is 24.0 Å². The van der Waals surface area contributed by atoms with Crippen molar-refractivity contribution < 1.29 is 9.84 Å². The largest absolute Gasteiger partial charge is 0.508 e. The first-order valence-corrected chi connectivity index (χ1v) is 10.7. The highest BCUT2D eigenvalue weighted by molar-refractivity contribution is 5.86. The summed E-state index contributed by atoms with van der Waals surface area (Å²) in [5.41, 5.74) is 1.83. The highest BCUT2D eigenvalue weighted by Gasteiger charge is 2.14. The lowest BCUT2D eigenvalue weighted by molar-refractivity contribution is 0.167. The molecule has 1 aliphatic heterocycles. The number of rotatable bonds is 2. The third-order valence-electron chi connectivity index (χ3n) is 5.73. The molecular weight excluding hydrogens is 406 g/mol. The van der Waals surface area contributed by atoms with Gasteiger partial charge in [0.05, 0.1) is 0 Å². The van der Waals surface area contributed by atoms with Gasteiger partial charge in [0.15, 0.2) is 0 Å². The first-order chi connectivity index (χ1) is 15.4. The van der Waals surface area contributed by atoms with E-state index in [1.54, 1.807) is 24.5 Å². The van der Waals surface area contributed by atoms with Gasteiger partial charge in [-0.3, -0.25) is 9.59 Å². The number of aromatic hydroxyl groups is 1. The summed E-state index contributed by atoms with van der Waals surface area (Å²) in [6.45, 7) is 5.85. The van der Waals surface area contributed by atoms with E-state index in [9.17, 15) is 14.7 Å². The summed E-state index contributed by atoms with van der Waals surface area (Å²) >= 11 is 0. The quantitative estimate of drug-likeness (QED) is 0.387. The molecule has 4 N–H and O–H groups in total. The molecule has 2 aromatic carbocycles. The molecule has 1 aliphatic rings. The molecule has 3 heterocycles. The third-order valence-corrected chi connectivity index (χ3v) is 5.73. The number of fused-ring (bicyclic) bond motifs is 2. The van der Waals surface area contributed by atoms with E-state index in [4.69, 9.17) is 4.74 Å². The van der Waals surface area contributed by atoms with Gasteiger partial charge in [-0.25, -0.2) is 0 Å². The van der Waals surface area contributed by atoms with E-state index >= 15 is 0 Å². The molecule has 0 aliphatic carbocycles. The molecule has 2 aromatic heterocycles. The van der Waals surface area contributed by atoms with Gasteiger partial charge in [0.1, 0.15) is 17.6 Å². The van der Waals surface area contributed by atoms with E-state index in [0.717, 1.165) is 53.6 Å². The first kappa shape index (κ1) is 21.6. The van der Waals surface area contributed by atoms with Crippen molar-refractivity contribution in [1.29, 1.82) is 0 Å². The molecule has 0 unspecified atom stereocenters. The Labute approximate surface area is 185 Å². The number of H-pyrrole nitrogens is 2. The second-order valence-electron chi connectivity index (χ2n) is 8.13. The second-order valence-corrected chi connectivity index (χ2v) is 8.13. The van der Waals surface area contributed by atoms with Crippen LogP contribution in [0.5, 0.6) is 11.5 Å². The van der Waals surface area contributed by atoms with Crippen molar-refractivity contribution in [3.8, 4) is 11.5 Å². The smallest absolute Gasteiger partial charge is 0.255 e. The number of aryl methyl sites for hydroxylation is 2. The van der Waals surface area contributed by atoms with Gasteiger partial charge in [0.25, 0.3) is 11.1 Å². The number of phenols is 1. The van der Waals surface area contributed by atoms with Crippen molar-refractivity contribution in [3.63, 3.8) is 0 Å². The number of hydrogen-bond donors (Lipinski definition) is 4. The molecule has 1 atom stereocenters. The van der Waals surface area contributed by atoms with Crippen molar-refractivity contribution in [3.05, 3.63) is 80.6 Å². The molecule has 1 fully saturated rings. The van der Waals surface area contributed by atoms with Crippen LogP contribution >= 0.6 is 0 Å². The number of aromatic amines is 2. The number of benzene rings is 2. The van der Waals surface area contributed by atoms with Crippen LogP contribution in [0.2, 0.25) is 0 Å². The summed E-state index contributed by atoms with van der Waals surface area (Å²) < 4.78 is 5.98. The Balaban J connectivity index is 0.000000165. The van der Waals surface area contributed by atoms with Gasteiger partial charge in [-0.15, -0.1) is 0 Å². The number of pyridine rings is 2. The van der Waals surface area contributed by atoms with Crippen LogP contribution in [0.4, 0.5) is 0 Å². The number of piperidine rings is 1. The SMILES string of the molecule is Cc1c[nH]c(=O)c2ccc(O)cc12.Cc1c[nH]c(=O)c2ccc(O[C@H]3CCCNC3)cc12. The maximum atomic E-state index is 11.7. The van der Waals surface area contributed by atoms with E-state index in [1.165, 1.54) is 6.07 Å². The molecule has 0 bridgehead atoms. The van der Waals surface area contributed by atoms with Gasteiger partial charge in [-0.1, -0.05) is 0 Å².